The van der Waals surface area contributed by atoms with E-state index in [-0.39, 0.29) is 11.9 Å². The smallest absolute Gasteiger partial charge is 0.227 e. The third kappa shape index (κ3) is 5.28. The Labute approximate surface area is 175 Å². The van der Waals surface area contributed by atoms with Gasteiger partial charge in [0.1, 0.15) is 0 Å². The van der Waals surface area contributed by atoms with Gasteiger partial charge in [0, 0.05) is 50.4 Å². The molecule has 0 saturated carbocycles. The molecule has 1 unspecified atom stereocenters. The molecule has 3 heterocycles. The number of aromatic nitrogens is 3. The first-order valence-electron chi connectivity index (χ1n) is 10.2. The fourth-order valence-electron chi connectivity index (χ4n) is 3.52. The molecule has 1 aromatic carbocycles. The van der Waals surface area contributed by atoms with Gasteiger partial charge in [-0.3, -0.25) is 14.7 Å². The van der Waals surface area contributed by atoms with Crippen molar-refractivity contribution in [2.24, 2.45) is 0 Å². The van der Waals surface area contributed by atoms with Crippen LogP contribution in [0.2, 0.25) is 0 Å². The fraction of sp³-hybridized carbons (Fsp3) is 0.364. The lowest BCUT2D eigenvalue weighted by molar-refractivity contribution is -0.121. The van der Waals surface area contributed by atoms with Crippen LogP contribution in [0.4, 0.5) is 0 Å². The van der Waals surface area contributed by atoms with Crippen molar-refractivity contribution in [3.63, 3.8) is 0 Å². The normalized spacial score (nSPS) is 15.6. The first-order chi connectivity index (χ1) is 14.8. The predicted molar refractivity (Wildman–Crippen MR) is 110 cm³/mol. The highest BCUT2D eigenvalue weighted by Gasteiger charge is 2.23. The second-order valence-electron chi connectivity index (χ2n) is 7.13. The van der Waals surface area contributed by atoms with Crippen molar-refractivity contribution >= 4 is 5.91 Å². The van der Waals surface area contributed by atoms with Gasteiger partial charge in [0.2, 0.25) is 17.6 Å². The van der Waals surface area contributed by atoms with Gasteiger partial charge in [-0.15, -0.1) is 0 Å². The molecule has 1 amide bonds. The summed E-state index contributed by atoms with van der Waals surface area (Å²) in [4.78, 5) is 23.2. The van der Waals surface area contributed by atoms with Gasteiger partial charge in [-0.05, 0) is 17.7 Å². The number of benzene rings is 1. The molecule has 30 heavy (non-hydrogen) atoms. The number of aryl methyl sites for hydroxylation is 1. The number of pyridine rings is 1. The van der Waals surface area contributed by atoms with E-state index < -0.39 is 0 Å². The van der Waals surface area contributed by atoms with Gasteiger partial charge in [0.25, 0.3) is 0 Å². The van der Waals surface area contributed by atoms with E-state index in [4.69, 9.17) is 9.26 Å². The minimum Gasteiger partial charge on any atom is -0.379 e. The van der Waals surface area contributed by atoms with E-state index in [9.17, 15) is 4.79 Å². The van der Waals surface area contributed by atoms with Crippen LogP contribution in [-0.4, -0.2) is 58.8 Å². The molecule has 0 aliphatic carbocycles. The third-order valence-corrected chi connectivity index (χ3v) is 5.14. The molecule has 1 aliphatic rings. The van der Waals surface area contributed by atoms with Gasteiger partial charge in [0.15, 0.2) is 0 Å². The molecular formula is C22H25N5O3. The van der Waals surface area contributed by atoms with E-state index in [1.165, 1.54) is 5.56 Å². The van der Waals surface area contributed by atoms with Crippen LogP contribution in [-0.2, 0) is 16.0 Å². The number of carbonyl (C=O) groups excluding carboxylic acids is 1. The molecule has 0 radical (unpaired) electrons. The maximum absolute atomic E-state index is 12.5. The number of ether oxygens (including phenoxy) is 1. The Kier molecular flexibility index (Phi) is 6.79. The third-order valence-electron chi connectivity index (χ3n) is 5.14. The summed E-state index contributed by atoms with van der Waals surface area (Å²) in [7, 11) is 0. The van der Waals surface area contributed by atoms with Crippen LogP contribution in [0, 0.1) is 0 Å². The van der Waals surface area contributed by atoms with Crippen LogP contribution in [0.15, 0.2) is 59.4 Å². The molecule has 1 N–H and O–H groups in total. The van der Waals surface area contributed by atoms with Crippen molar-refractivity contribution in [1.82, 2.24) is 25.3 Å². The van der Waals surface area contributed by atoms with Crippen LogP contribution in [0.5, 0.6) is 0 Å². The zero-order chi connectivity index (χ0) is 20.6. The average molecular weight is 407 g/mol. The van der Waals surface area contributed by atoms with Gasteiger partial charge >= 0.3 is 0 Å². The van der Waals surface area contributed by atoms with E-state index in [1.807, 2.05) is 30.3 Å². The van der Waals surface area contributed by atoms with E-state index >= 15 is 0 Å². The summed E-state index contributed by atoms with van der Waals surface area (Å²) in [5.74, 6) is 0.918. The summed E-state index contributed by atoms with van der Waals surface area (Å²) >= 11 is 0. The van der Waals surface area contributed by atoms with Gasteiger partial charge in [-0.1, -0.05) is 35.5 Å². The summed E-state index contributed by atoms with van der Waals surface area (Å²) in [5.41, 5.74) is 2.03. The Bertz CT molecular complexity index is 926. The zero-order valence-electron chi connectivity index (χ0n) is 16.7. The van der Waals surface area contributed by atoms with Crippen LogP contribution >= 0.6 is 0 Å². The van der Waals surface area contributed by atoms with E-state index in [1.54, 1.807) is 12.4 Å². The van der Waals surface area contributed by atoms with Crippen molar-refractivity contribution in [1.29, 1.82) is 0 Å². The predicted octanol–water partition coefficient (Wildman–Crippen LogP) is 2.25. The van der Waals surface area contributed by atoms with Crippen molar-refractivity contribution in [2.75, 3.05) is 32.8 Å². The molecule has 1 atom stereocenters. The molecule has 1 saturated heterocycles. The summed E-state index contributed by atoms with van der Waals surface area (Å²) < 4.78 is 10.8. The highest BCUT2D eigenvalue weighted by Crippen LogP contribution is 2.21. The molecule has 8 nitrogen and oxygen atoms in total. The van der Waals surface area contributed by atoms with Crippen LogP contribution < -0.4 is 5.32 Å². The zero-order valence-corrected chi connectivity index (χ0v) is 16.7. The molecule has 156 valence electrons. The van der Waals surface area contributed by atoms with Gasteiger partial charge < -0.3 is 14.6 Å². The van der Waals surface area contributed by atoms with Crippen LogP contribution in [0.1, 0.15) is 23.9 Å². The maximum Gasteiger partial charge on any atom is 0.227 e. The SMILES string of the molecule is O=C(CCc1nc(-c2ccncc2)no1)NCC(c1ccccc1)N1CCOCC1. The molecule has 0 bridgehead atoms. The first kappa shape index (κ1) is 20.2. The standard InChI is InChI=1S/C22H25N5O3/c28-20(6-7-21-25-22(26-30-21)18-8-10-23-11-9-18)24-16-19(17-4-2-1-3-5-17)27-12-14-29-15-13-27/h1-5,8-11,19H,6-7,12-16H2,(H,24,28). The summed E-state index contributed by atoms with van der Waals surface area (Å²) in [6.45, 7) is 3.70. The summed E-state index contributed by atoms with van der Waals surface area (Å²) in [6.07, 6.45) is 4.05. The van der Waals surface area contributed by atoms with Crippen molar-refractivity contribution in [3.05, 3.63) is 66.3 Å². The van der Waals surface area contributed by atoms with Gasteiger partial charge in [-0.25, -0.2) is 0 Å². The molecule has 1 fully saturated rings. The minimum absolute atomic E-state index is 0.0344. The highest BCUT2D eigenvalue weighted by atomic mass is 16.5. The number of nitrogens with one attached hydrogen (secondary N) is 1. The highest BCUT2D eigenvalue weighted by molar-refractivity contribution is 5.76. The summed E-state index contributed by atoms with van der Waals surface area (Å²) in [5, 5.41) is 7.04. The number of amides is 1. The fourth-order valence-corrected chi connectivity index (χ4v) is 3.52. The minimum atomic E-state index is -0.0344. The lowest BCUT2D eigenvalue weighted by atomic mass is 10.0. The number of carbonyl (C=O) groups is 1. The molecule has 1 aliphatic heterocycles. The number of nitrogens with zero attached hydrogens (tertiary/aromatic N) is 4. The van der Waals surface area contributed by atoms with Gasteiger partial charge in [0.05, 0.1) is 19.3 Å². The number of rotatable bonds is 8. The Balaban J connectivity index is 1.31. The Hall–Kier alpha value is -3.10. The first-order valence-corrected chi connectivity index (χ1v) is 10.2. The Morgan fingerprint density at radius 3 is 2.63 bits per heavy atom. The second kappa shape index (κ2) is 10.1. The Morgan fingerprint density at radius 2 is 1.87 bits per heavy atom. The van der Waals surface area contributed by atoms with E-state index in [0.29, 0.717) is 44.3 Å². The van der Waals surface area contributed by atoms with Crippen molar-refractivity contribution < 1.29 is 14.1 Å². The van der Waals surface area contributed by atoms with Crippen LogP contribution in [0.3, 0.4) is 0 Å². The average Bonchev–Trinajstić information content (AvgIpc) is 3.29. The topological polar surface area (TPSA) is 93.4 Å². The largest absolute Gasteiger partial charge is 0.379 e. The molecular weight excluding hydrogens is 382 g/mol. The summed E-state index contributed by atoms with van der Waals surface area (Å²) in [6, 6.07) is 14.0. The van der Waals surface area contributed by atoms with E-state index in [0.717, 1.165) is 18.7 Å². The Morgan fingerprint density at radius 1 is 1.10 bits per heavy atom. The molecule has 2 aromatic heterocycles. The van der Waals surface area contributed by atoms with Gasteiger partial charge in [-0.2, -0.15) is 4.98 Å². The maximum atomic E-state index is 12.5. The monoisotopic (exact) mass is 407 g/mol. The number of morpholine rings is 1. The van der Waals surface area contributed by atoms with Crippen molar-refractivity contribution in [2.45, 2.75) is 18.9 Å². The van der Waals surface area contributed by atoms with E-state index in [2.05, 4.69) is 37.5 Å². The lowest BCUT2D eigenvalue weighted by Gasteiger charge is -2.35. The quantitative estimate of drug-likeness (QED) is 0.612. The lowest BCUT2D eigenvalue weighted by Crippen LogP contribution is -2.43. The molecule has 8 heteroatoms. The second-order valence-corrected chi connectivity index (χ2v) is 7.13. The number of hydrogen-bond acceptors (Lipinski definition) is 7. The molecule has 4 rings (SSSR count). The molecule has 0 spiro atoms. The number of hydrogen-bond donors (Lipinski definition) is 1. The molecule has 3 aromatic rings. The van der Waals surface area contributed by atoms with Crippen LogP contribution in [0.25, 0.3) is 11.4 Å². The van der Waals surface area contributed by atoms with Crippen molar-refractivity contribution in [3.8, 4) is 11.4 Å².